The van der Waals surface area contributed by atoms with Crippen LogP contribution >= 0.6 is 0 Å². The maximum atomic E-state index is 9.78. The molecule has 0 radical (unpaired) electrons. The summed E-state index contributed by atoms with van der Waals surface area (Å²) in [5.41, 5.74) is -7.56. The summed E-state index contributed by atoms with van der Waals surface area (Å²) in [5, 5.41) is -5.44. The maximum Gasteiger partial charge on any atom is 0.136 e. The van der Waals surface area contributed by atoms with Gasteiger partial charge in [-0.25, -0.2) is 0 Å². The Morgan fingerprint density at radius 3 is 1.55 bits per heavy atom. The second kappa shape index (κ2) is 11.1. The molecule has 1 heterocycles. The second-order valence-corrected chi connectivity index (χ2v) is 10.5. The third-order valence-corrected chi connectivity index (χ3v) is 7.89. The monoisotopic (exact) mass is 652 g/mol. The van der Waals surface area contributed by atoms with E-state index < -0.39 is 280 Å². The highest BCUT2D eigenvalue weighted by atomic mass is 16.3. The first-order valence-electron chi connectivity index (χ1n) is 29.4. The summed E-state index contributed by atoms with van der Waals surface area (Å²) in [4.78, 5) is 0. The van der Waals surface area contributed by atoms with Crippen LogP contribution in [0.4, 0.5) is 0 Å². The predicted octanol–water partition coefficient (Wildman–Crippen LogP) is 13.7. The molecule has 1 nitrogen and oxygen atoms in total. The Labute approximate surface area is 326 Å². The normalized spacial score (nSPS) is 20.2. The van der Waals surface area contributed by atoms with Crippen LogP contribution in [0, 0.1) is 0 Å². The van der Waals surface area contributed by atoms with Crippen molar-refractivity contribution in [3.8, 4) is 44.5 Å². The lowest BCUT2D eigenvalue weighted by Gasteiger charge is -2.18. The van der Waals surface area contributed by atoms with Crippen molar-refractivity contribution < 1.29 is 45.5 Å². The van der Waals surface area contributed by atoms with Crippen molar-refractivity contribution in [2.45, 2.75) is 0 Å². The standard InChI is InChI=1S/C48H30O/c1-2-12-32(13-3-1)38-22-11-23-44-48(38)43-29-28-35(30-45(43)49-44)47-41-19-8-6-17-39(41)46(40-18-7-9-20-42(40)47)34-26-24-33(25-27-34)37-21-10-15-31-14-4-5-16-36(31)37/h1-30H/i1D,2D,3D,4D,5D,6D,7D,8D,9D,10D,11D,12D,13D,14D,15D,16D,17D,18D,19D,20D,21D,22D,23D,24D,25D,26D,27D,28D,29D,30D. The quantitative estimate of drug-likeness (QED) is 0.172. The number of rotatable bonds is 4. The summed E-state index contributed by atoms with van der Waals surface area (Å²) in [7, 11) is 0. The van der Waals surface area contributed by atoms with E-state index in [9.17, 15) is 15.1 Å². The van der Waals surface area contributed by atoms with E-state index in [4.69, 9.17) is 30.5 Å². The third-order valence-electron chi connectivity index (χ3n) is 7.89. The fourth-order valence-electron chi connectivity index (χ4n) is 5.82. The molecule has 0 bridgehead atoms. The van der Waals surface area contributed by atoms with Crippen molar-refractivity contribution in [2.24, 2.45) is 0 Å². The van der Waals surface area contributed by atoms with E-state index in [2.05, 4.69) is 0 Å². The number of hydrogen-bond acceptors (Lipinski definition) is 1. The Bertz CT molecular complexity index is 4450. The SMILES string of the molecule is [2H]c1c([2H])c([2H])c(-c2c([2H])c([2H])c([2H])c3oc4c([2H])c(-c5c6c([2H])c([2H])c([2H])c([2H])c6c(-c6c([2H])c([2H])c(-c7c([2H])c([2H])c([2H])c8c([2H])c([2H])c([2H])c([2H])c78)c([2H])c6[2H])c6c([2H])c([2H])c([2H])c([2H])c56)c([2H])c([2H])c4c23)c([2H])c1[2H]. The van der Waals surface area contributed by atoms with E-state index in [0.29, 0.717) is 0 Å². The van der Waals surface area contributed by atoms with Crippen LogP contribution in [0.15, 0.2) is 186 Å². The molecule has 10 aromatic rings. The lowest BCUT2D eigenvalue weighted by molar-refractivity contribution is 0.669. The van der Waals surface area contributed by atoms with Crippen molar-refractivity contribution in [3.05, 3.63) is 181 Å². The van der Waals surface area contributed by atoms with E-state index >= 15 is 0 Å². The molecular weight excluding hydrogens is 593 g/mol. The zero-order chi connectivity index (χ0) is 58.4. The Kier molecular flexibility index (Phi) is 2.50. The first-order valence-corrected chi connectivity index (χ1v) is 14.4. The Balaban J connectivity index is 1.43. The van der Waals surface area contributed by atoms with Crippen molar-refractivity contribution in [3.63, 3.8) is 0 Å². The maximum absolute atomic E-state index is 9.78. The molecule has 0 N–H and O–H groups in total. The molecule has 0 unspecified atom stereocenters. The summed E-state index contributed by atoms with van der Waals surface area (Å²) in [6.07, 6.45) is 0. The highest BCUT2D eigenvalue weighted by molar-refractivity contribution is 6.22. The Morgan fingerprint density at radius 2 is 0.837 bits per heavy atom. The van der Waals surface area contributed by atoms with E-state index in [-0.39, 0.29) is 0 Å². The van der Waals surface area contributed by atoms with E-state index in [1.165, 1.54) is 0 Å². The molecule has 0 amide bonds. The van der Waals surface area contributed by atoms with Crippen molar-refractivity contribution in [1.29, 1.82) is 0 Å². The number of furan rings is 1. The molecule has 0 fully saturated rings. The van der Waals surface area contributed by atoms with Gasteiger partial charge < -0.3 is 4.42 Å². The first-order chi connectivity index (χ1) is 36.8. The predicted molar refractivity (Wildman–Crippen MR) is 208 cm³/mol. The summed E-state index contributed by atoms with van der Waals surface area (Å²) < 4.78 is 275. The topological polar surface area (TPSA) is 13.1 Å². The van der Waals surface area contributed by atoms with Crippen LogP contribution in [0.2, 0.25) is 0 Å². The van der Waals surface area contributed by atoms with Gasteiger partial charge in [0.2, 0.25) is 0 Å². The molecule has 49 heavy (non-hydrogen) atoms. The molecule has 0 saturated heterocycles. The van der Waals surface area contributed by atoms with Gasteiger partial charge in [-0.1, -0.05) is 163 Å². The van der Waals surface area contributed by atoms with Crippen LogP contribution in [-0.4, -0.2) is 0 Å². The number of hydrogen-bond donors (Lipinski definition) is 0. The van der Waals surface area contributed by atoms with Crippen LogP contribution in [0.25, 0.3) is 98.8 Å². The summed E-state index contributed by atoms with van der Waals surface area (Å²) in [5.74, 6) is 0. The molecule has 228 valence electrons. The summed E-state index contributed by atoms with van der Waals surface area (Å²) >= 11 is 0. The molecule has 1 aromatic heterocycles. The number of benzene rings is 9. The molecular formula is C48H30O. The smallest absolute Gasteiger partial charge is 0.136 e. The molecule has 0 aliphatic heterocycles. The van der Waals surface area contributed by atoms with E-state index in [1.54, 1.807) is 0 Å². The van der Waals surface area contributed by atoms with Crippen molar-refractivity contribution in [2.75, 3.05) is 0 Å². The van der Waals surface area contributed by atoms with Gasteiger partial charge in [0.25, 0.3) is 0 Å². The molecule has 1 heteroatoms. The van der Waals surface area contributed by atoms with Crippen LogP contribution in [-0.2, 0) is 0 Å². The highest BCUT2D eigenvalue weighted by Crippen LogP contribution is 2.45. The first kappa shape index (κ1) is 11.1. The third kappa shape index (κ3) is 4.40. The molecule has 10 rings (SSSR count). The van der Waals surface area contributed by atoms with Crippen molar-refractivity contribution >= 4 is 54.3 Å². The molecule has 0 aliphatic carbocycles. The van der Waals surface area contributed by atoms with Gasteiger partial charge >= 0.3 is 0 Å². The van der Waals surface area contributed by atoms with Crippen LogP contribution in [0.3, 0.4) is 0 Å². The number of fused-ring (bicyclic) bond motifs is 6. The fourth-order valence-corrected chi connectivity index (χ4v) is 5.82. The van der Waals surface area contributed by atoms with Crippen molar-refractivity contribution in [1.82, 2.24) is 0 Å². The van der Waals surface area contributed by atoms with Gasteiger partial charge in [-0.2, -0.15) is 0 Å². The molecule has 9 aromatic carbocycles. The minimum Gasteiger partial charge on any atom is -0.456 e. The molecule has 0 aliphatic rings. The summed E-state index contributed by atoms with van der Waals surface area (Å²) in [6, 6.07) is -28.7. The average Bonchev–Trinajstić information content (AvgIpc) is 3.83. The molecule has 0 spiro atoms. The van der Waals surface area contributed by atoms with Crippen LogP contribution in [0.5, 0.6) is 0 Å². The summed E-state index contributed by atoms with van der Waals surface area (Å²) in [6.45, 7) is 0. The van der Waals surface area contributed by atoms with Gasteiger partial charge in [0.15, 0.2) is 0 Å². The lowest BCUT2D eigenvalue weighted by atomic mass is 9.85. The van der Waals surface area contributed by atoms with Gasteiger partial charge in [0.1, 0.15) is 11.2 Å². The molecule has 0 atom stereocenters. The zero-order valence-corrected chi connectivity index (χ0v) is 24.4. The highest BCUT2D eigenvalue weighted by Gasteiger charge is 2.19. The Hall–Kier alpha value is -6.44. The van der Waals surface area contributed by atoms with Gasteiger partial charge in [0, 0.05) is 10.8 Å². The average molecular weight is 653 g/mol. The van der Waals surface area contributed by atoms with Gasteiger partial charge in [-0.15, -0.1) is 0 Å². The van der Waals surface area contributed by atoms with Crippen LogP contribution in [0.1, 0.15) is 41.1 Å². The van der Waals surface area contributed by atoms with E-state index in [0.717, 1.165) is 0 Å². The fraction of sp³-hybridized carbons (Fsp3) is 0. The van der Waals surface area contributed by atoms with Gasteiger partial charge in [0.05, 0.1) is 41.1 Å². The van der Waals surface area contributed by atoms with Gasteiger partial charge in [-0.05, 0) is 95.0 Å². The largest absolute Gasteiger partial charge is 0.456 e. The lowest BCUT2D eigenvalue weighted by Crippen LogP contribution is -1.91. The van der Waals surface area contributed by atoms with Gasteiger partial charge in [-0.3, -0.25) is 0 Å². The Morgan fingerprint density at radius 1 is 0.327 bits per heavy atom. The zero-order valence-electron chi connectivity index (χ0n) is 54.4. The van der Waals surface area contributed by atoms with E-state index in [1.807, 2.05) is 0 Å². The second-order valence-electron chi connectivity index (χ2n) is 10.5. The minimum absolute atomic E-state index is 0.515. The minimum atomic E-state index is -1.12. The molecule has 0 saturated carbocycles. The van der Waals surface area contributed by atoms with Crippen LogP contribution < -0.4 is 0 Å².